The summed E-state index contributed by atoms with van der Waals surface area (Å²) in [5.41, 5.74) is 1.80. The van der Waals surface area contributed by atoms with Gasteiger partial charge < -0.3 is 14.8 Å². The third kappa shape index (κ3) is 5.69. The van der Waals surface area contributed by atoms with Gasteiger partial charge in [-0.2, -0.15) is 0 Å². The monoisotopic (exact) mass is 424 g/mol. The Morgan fingerprint density at radius 2 is 1.84 bits per heavy atom. The van der Waals surface area contributed by atoms with Crippen LogP contribution in [0.1, 0.15) is 42.4 Å². The van der Waals surface area contributed by atoms with E-state index in [9.17, 15) is 14.0 Å². The molecular formula is C24H29FN4O2. The molecule has 6 nitrogen and oxygen atoms in total. The minimum atomic E-state index is -0.535. The molecule has 3 rings (SSSR count). The van der Waals surface area contributed by atoms with Crippen LogP contribution in [0.3, 0.4) is 0 Å². The molecule has 0 radical (unpaired) electrons. The summed E-state index contributed by atoms with van der Waals surface area (Å²) in [7, 11) is 1.83. The highest BCUT2D eigenvalue weighted by Crippen LogP contribution is 2.17. The topological polar surface area (TPSA) is 67.2 Å². The second-order valence-corrected chi connectivity index (χ2v) is 7.61. The molecular weight excluding hydrogens is 395 g/mol. The fourth-order valence-electron chi connectivity index (χ4n) is 3.46. The number of carbonyl (C=O) groups is 2. The van der Waals surface area contributed by atoms with Crippen molar-refractivity contribution in [3.8, 4) is 0 Å². The summed E-state index contributed by atoms with van der Waals surface area (Å²) < 4.78 is 15.7. The molecule has 7 heteroatoms. The maximum Gasteiger partial charge on any atom is 0.254 e. The summed E-state index contributed by atoms with van der Waals surface area (Å²) in [6.45, 7) is 3.46. The Morgan fingerprint density at radius 1 is 1.10 bits per heavy atom. The number of para-hydroxylation sites is 2. The normalized spacial score (nSPS) is 10.9. The van der Waals surface area contributed by atoms with E-state index in [-0.39, 0.29) is 18.0 Å². The van der Waals surface area contributed by atoms with Gasteiger partial charge in [-0.05, 0) is 37.1 Å². The SMILES string of the molecule is CCCCN(C)C(=O)Cn1c(CCCNC(=O)c2ccccc2F)nc2ccccc21. The van der Waals surface area contributed by atoms with E-state index in [2.05, 4.69) is 12.2 Å². The van der Waals surface area contributed by atoms with Gasteiger partial charge in [0.25, 0.3) is 5.91 Å². The maximum absolute atomic E-state index is 13.7. The van der Waals surface area contributed by atoms with E-state index in [1.807, 2.05) is 35.9 Å². The molecule has 164 valence electrons. The Bertz CT molecular complexity index is 1050. The van der Waals surface area contributed by atoms with Crippen LogP contribution in [-0.4, -0.2) is 46.4 Å². The van der Waals surface area contributed by atoms with Crippen molar-refractivity contribution in [2.24, 2.45) is 0 Å². The van der Waals surface area contributed by atoms with Gasteiger partial charge in [-0.15, -0.1) is 0 Å². The van der Waals surface area contributed by atoms with Crippen LogP contribution in [0.15, 0.2) is 48.5 Å². The minimum Gasteiger partial charge on any atom is -0.352 e. The number of rotatable bonds is 10. The third-order valence-electron chi connectivity index (χ3n) is 5.28. The average Bonchev–Trinajstić information content (AvgIpc) is 3.12. The highest BCUT2D eigenvalue weighted by Gasteiger charge is 2.16. The number of fused-ring (bicyclic) bond motifs is 1. The largest absolute Gasteiger partial charge is 0.352 e. The van der Waals surface area contributed by atoms with E-state index >= 15 is 0 Å². The van der Waals surface area contributed by atoms with Crippen molar-refractivity contribution >= 4 is 22.8 Å². The summed E-state index contributed by atoms with van der Waals surface area (Å²) in [5, 5.41) is 2.75. The zero-order valence-corrected chi connectivity index (χ0v) is 18.1. The molecule has 0 fully saturated rings. The van der Waals surface area contributed by atoms with Gasteiger partial charge in [0.05, 0.1) is 16.6 Å². The van der Waals surface area contributed by atoms with Crippen molar-refractivity contribution in [1.82, 2.24) is 19.8 Å². The number of nitrogens with one attached hydrogen (secondary N) is 1. The van der Waals surface area contributed by atoms with Gasteiger partial charge in [0.1, 0.15) is 18.2 Å². The molecule has 0 aliphatic heterocycles. The first kappa shape index (κ1) is 22.5. The van der Waals surface area contributed by atoms with Crippen molar-refractivity contribution in [2.45, 2.75) is 39.2 Å². The quantitative estimate of drug-likeness (QED) is 0.504. The molecule has 0 saturated carbocycles. The Kier molecular flexibility index (Phi) is 7.76. The molecule has 0 aliphatic carbocycles. The number of nitrogens with zero attached hydrogens (tertiary/aromatic N) is 3. The summed E-state index contributed by atoms with van der Waals surface area (Å²) in [4.78, 5) is 31.3. The van der Waals surface area contributed by atoms with Gasteiger partial charge in [-0.1, -0.05) is 37.6 Å². The van der Waals surface area contributed by atoms with Crippen LogP contribution in [0.2, 0.25) is 0 Å². The molecule has 1 heterocycles. The Labute approximate surface area is 182 Å². The molecule has 2 aromatic carbocycles. The predicted octanol–water partition coefficient (Wildman–Crippen LogP) is 3.80. The molecule has 0 unspecified atom stereocenters. The number of carbonyl (C=O) groups excluding carboxylic acids is 2. The zero-order valence-electron chi connectivity index (χ0n) is 18.1. The fourth-order valence-corrected chi connectivity index (χ4v) is 3.46. The predicted molar refractivity (Wildman–Crippen MR) is 119 cm³/mol. The summed E-state index contributed by atoms with van der Waals surface area (Å²) in [6.07, 6.45) is 3.23. The van der Waals surface area contributed by atoms with Crippen LogP contribution in [-0.2, 0) is 17.8 Å². The lowest BCUT2D eigenvalue weighted by Gasteiger charge is -2.18. The van der Waals surface area contributed by atoms with E-state index in [0.717, 1.165) is 36.2 Å². The maximum atomic E-state index is 13.7. The van der Waals surface area contributed by atoms with Crippen molar-refractivity contribution in [3.63, 3.8) is 0 Å². The third-order valence-corrected chi connectivity index (χ3v) is 5.28. The minimum absolute atomic E-state index is 0.0375. The number of unbranched alkanes of at least 4 members (excludes halogenated alkanes) is 1. The van der Waals surface area contributed by atoms with E-state index in [4.69, 9.17) is 4.98 Å². The molecule has 2 amide bonds. The number of aryl methyl sites for hydroxylation is 1. The van der Waals surface area contributed by atoms with Gasteiger partial charge in [0.2, 0.25) is 5.91 Å². The van der Waals surface area contributed by atoms with Crippen molar-refractivity contribution in [2.75, 3.05) is 20.1 Å². The molecule has 1 N–H and O–H groups in total. The Morgan fingerprint density at radius 3 is 2.61 bits per heavy atom. The Balaban J connectivity index is 1.65. The van der Waals surface area contributed by atoms with Crippen LogP contribution in [0, 0.1) is 5.82 Å². The first-order valence-electron chi connectivity index (χ1n) is 10.7. The lowest BCUT2D eigenvalue weighted by atomic mass is 10.2. The highest BCUT2D eigenvalue weighted by molar-refractivity contribution is 5.94. The lowest BCUT2D eigenvalue weighted by Crippen LogP contribution is -2.31. The van der Waals surface area contributed by atoms with E-state index in [0.29, 0.717) is 19.4 Å². The summed E-state index contributed by atoms with van der Waals surface area (Å²) >= 11 is 0. The van der Waals surface area contributed by atoms with Crippen LogP contribution in [0.5, 0.6) is 0 Å². The van der Waals surface area contributed by atoms with Gasteiger partial charge in [0, 0.05) is 26.6 Å². The van der Waals surface area contributed by atoms with Crippen molar-refractivity contribution in [1.29, 1.82) is 0 Å². The van der Waals surface area contributed by atoms with Crippen LogP contribution < -0.4 is 5.32 Å². The van der Waals surface area contributed by atoms with Gasteiger partial charge in [-0.3, -0.25) is 9.59 Å². The van der Waals surface area contributed by atoms with Crippen molar-refractivity contribution < 1.29 is 14.0 Å². The second-order valence-electron chi connectivity index (χ2n) is 7.61. The molecule has 0 atom stereocenters. The van der Waals surface area contributed by atoms with Crippen LogP contribution in [0.4, 0.5) is 4.39 Å². The number of likely N-dealkylation sites (N-methyl/N-ethyl adjacent to an activating group) is 1. The summed E-state index contributed by atoms with van der Waals surface area (Å²) in [6, 6.07) is 13.7. The van der Waals surface area contributed by atoms with E-state index in [1.165, 1.54) is 12.1 Å². The first-order chi connectivity index (χ1) is 15.0. The molecule has 31 heavy (non-hydrogen) atoms. The number of imidazole rings is 1. The number of halogens is 1. The van der Waals surface area contributed by atoms with Gasteiger partial charge in [-0.25, -0.2) is 9.37 Å². The van der Waals surface area contributed by atoms with E-state index < -0.39 is 11.7 Å². The molecule has 0 saturated heterocycles. The summed E-state index contributed by atoms with van der Waals surface area (Å²) in [5.74, 6) is -0.115. The Hall–Kier alpha value is -3.22. The van der Waals surface area contributed by atoms with E-state index in [1.54, 1.807) is 17.0 Å². The number of hydrogen-bond donors (Lipinski definition) is 1. The standard InChI is InChI=1S/C24H29FN4O2/c1-3-4-16-28(2)23(30)17-29-21-13-8-7-12-20(21)27-22(29)14-9-15-26-24(31)18-10-5-6-11-19(18)25/h5-8,10-13H,3-4,9,14-17H2,1-2H3,(H,26,31). The second kappa shape index (κ2) is 10.7. The molecule has 0 spiro atoms. The number of hydrogen-bond acceptors (Lipinski definition) is 3. The van der Waals surface area contributed by atoms with Gasteiger partial charge in [0.15, 0.2) is 0 Å². The number of aromatic nitrogens is 2. The molecule has 0 aliphatic rings. The highest BCUT2D eigenvalue weighted by atomic mass is 19.1. The van der Waals surface area contributed by atoms with Crippen LogP contribution >= 0.6 is 0 Å². The smallest absolute Gasteiger partial charge is 0.254 e. The van der Waals surface area contributed by atoms with Gasteiger partial charge >= 0.3 is 0 Å². The van der Waals surface area contributed by atoms with Crippen molar-refractivity contribution in [3.05, 3.63) is 65.7 Å². The fraction of sp³-hybridized carbons (Fsp3) is 0.375. The lowest BCUT2D eigenvalue weighted by molar-refractivity contribution is -0.130. The van der Waals surface area contributed by atoms with Crippen LogP contribution in [0.25, 0.3) is 11.0 Å². The number of amides is 2. The zero-order chi connectivity index (χ0) is 22.2. The molecule has 3 aromatic rings. The number of benzene rings is 2. The average molecular weight is 425 g/mol. The first-order valence-corrected chi connectivity index (χ1v) is 10.7. The molecule has 1 aromatic heterocycles. The molecule has 0 bridgehead atoms.